The molecule has 0 saturated heterocycles. The fourth-order valence-electron chi connectivity index (χ4n) is 1.37. The molecule has 0 heterocycles. The molecule has 0 aliphatic heterocycles. The third-order valence-corrected chi connectivity index (χ3v) is 2.22. The van der Waals surface area contributed by atoms with Gasteiger partial charge in [0.2, 0.25) is 0 Å². The van der Waals surface area contributed by atoms with E-state index >= 15 is 0 Å². The minimum absolute atomic E-state index is 0.0340. The average Bonchev–Trinajstić information content (AvgIpc) is 2.36. The van der Waals surface area contributed by atoms with Gasteiger partial charge in [-0.1, -0.05) is 6.58 Å². The topological polar surface area (TPSA) is 73.6 Å². The Morgan fingerprint density at radius 3 is 2.78 bits per heavy atom. The van der Waals surface area contributed by atoms with Gasteiger partial charge < -0.3 is 14.8 Å². The zero-order chi connectivity index (χ0) is 13.5. The predicted octanol–water partition coefficient (Wildman–Crippen LogP) is 1.76. The molecule has 0 aliphatic rings. The monoisotopic (exact) mass is 252 g/mol. The first kappa shape index (κ1) is 14.0. The summed E-state index contributed by atoms with van der Waals surface area (Å²) in [6.07, 6.45) is 0. The second kappa shape index (κ2) is 6.61. The maximum Gasteiger partial charge on any atom is 0.273 e. The predicted molar refractivity (Wildman–Crippen MR) is 68.2 cm³/mol. The van der Waals surface area contributed by atoms with Crippen LogP contribution in [-0.2, 0) is 0 Å². The molecule has 0 bridgehead atoms. The number of ether oxygens (including phenoxy) is 2. The summed E-state index contributed by atoms with van der Waals surface area (Å²) < 4.78 is 10.5. The Hall–Kier alpha value is -2.08. The molecule has 6 nitrogen and oxygen atoms in total. The van der Waals surface area contributed by atoms with Gasteiger partial charge in [0.1, 0.15) is 6.61 Å². The van der Waals surface area contributed by atoms with E-state index in [0.29, 0.717) is 24.7 Å². The molecule has 0 atom stereocenters. The fourth-order valence-corrected chi connectivity index (χ4v) is 1.37. The molecule has 0 aromatic heterocycles. The van der Waals surface area contributed by atoms with Crippen LogP contribution in [0.25, 0.3) is 0 Å². The molecule has 0 unspecified atom stereocenters. The summed E-state index contributed by atoms with van der Waals surface area (Å²) in [5.74, 6) is 0.793. The lowest BCUT2D eigenvalue weighted by atomic mass is 10.2. The summed E-state index contributed by atoms with van der Waals surface area (Å²) in [5, 5.41) is 13.6. The van der Waals surface area contributed by atoms with Gasteiger partial charge in [0, 0.05) is 12.6 Å². The summed E-state index contributed by atoms with van der Waals surface area (Å²) in [6, 6.07) is 4.22. The normalized spacial score (nSPS) is 9.89. The van der Waals surface area contributed by atoms with Crippen molar-refractivity contribution < 1.29 is 14.4 Å². The van der Waals surface area contributed by atoms with Gasteiger partial charge in [0.05, 0.1) is 18.1 Å². The molecule has 0 amide bonds. The molecule has 18 heavy (non-hydrogen) atoms. The summed E-state index contributed by atoms with van der Waals surface area (Å²) in [4.78, 5) is 10.1. The van der Waals surface area contributed by atoms with E-state index in [0.717, 1.165) is 5.57 Å². The van der Waals surface area contributed by atoms with Gasteiger partial charge in [-0.15, -0.1) is 0 Å². The molecular formula is C12H16N2O4. The highest BCUT2D eigenvalue weighted by Gasteiger charge is 2.12. The molecule has 1 rings (SSSR count). The van der Waals surface area contributed by atoms with Crippen molar-refractivity contribution in [2.75, 3.05) is 27.3 Å². The molecule has 0 aliphatic carbocycles. The number of nitro benzene ring substituents is 1. The summed E-state index contributed by atoms with van der Waals surface area (Å²) in [6.45, 7) is 4.80. The van der Waals surface area contributed by atoms with Gasteiger partial charge in [0.25, 0.3) is 5.69 Å². The van der Waals surface area contributed by atoms with Gasteiger partial charge >= 0.3 is 0 Å². The highest BCUT2D eigenvalue weighted by atomic mass is 16.6. The van der Waals surface area contributed by atoms with Crippen LogP contribution in [0.15, 0.2) is 30.4 Å². The van der Waals surface area contributed by atoms with Crippen LogP contribution in [0.5, 0.6) is 11.5 Å². The molecular weight excluding hydrogens is 236 g/mol. The first-order valence-corrected chi connectivity index (χ1v) is 5.35. The number of benzene rings is 1. The van der Waals surface area contributed by atoms with Crippen LogP contribution in [0.3, 0.4) is 0 Å². The first-order chi connectivity index (χ1) is 8.58. The van der Waals surface area contributed by atoms with Crippen molar-refractivity contribution in [3.05, 3.63) is 40.5 Å². The van der Waals surface area contributed by atoms with Crippen molar-refractivity contribution in [1.29, 1.82) is 0 Å². The quantitative estimate of drug-likeness (QED) is 0.454. The van der Waals surface area contributed by atoms with Gasteiger partial charge in [0.15, 0.2) is 11.5 Å². The van der Waals surface area contributed by atoms with Crippen molar-refractivity contribution in [2.24, 2.45) is 0 Å². The minimum atomic E-state index is -0.480. The van der Waals surface area contributed by atoms with E-state index in [-0.39, 0.29) is 5.69 Å². The van der Waals surface area contributed by atoms with Crippen LogP contribution < -0.4 is 14.8 Å². The third-order valence-electron chi connectivity index (χ3n) is 2.22. The number of non-ortho nitro benzene ring substituents is 1. The zero-order valence-electron chi connectivity index (χ0n) is 10.4. The fraction of sp³-hybridized carbons (Fsp3) is 0.333. The van der Waals surface area contributed by atoms with Gasteiger partial charge in [-0.05, 0) is 18.7 Å². The second-order valence-electron chi connectivity index (χ2n) is 3.66. The molecule has 0 saturated carbocycles. The molecule has 1 N–H and O–H groups in total. The lowest BCUT2D eigenvalue weighted by molar-refractivity contribution is -0.384. The number of hydrogen-bond acceptors (Lipinski definition) is 5. The Morgan fingerprint density at radius 2 is 2.22 bits per heavy atom. The second-order valence-corrected chi connectivity index (χ2v) is 3.66. The van der Waals surface area contributed by atoms with Crippen LogP contribution in [-0.4, -0.2) is 32.2 Å². The van der Waals surface area contributed by atoms with E-state index in [2.05, 4.69) is 11.9 Å². The molecule has 0 fully saturated rings. The van der Waals surface area contributed by atoms with Crippen molar-refractivity contribution in [3.8, 4) is 11.5 Å². The van der Waals surface area contributed by atoms with Crippen LogP contribution in [0.1, 0.15) is 0 Å². The van der Waals surface area contributed by atoms with Crippen molar-refractivity contribution in [1.82, 2.24) is 5.32 Å². The van der Waals surface area contributed by atoms with Gasteiger partial charge in [-0.3, -0.25) is 10.1 Å². The molecule has 1 aromatic rings. The Labute approximate surface area is 105 Å². The molecule has 1 aromatic carbocycles. The van der Waals surface area contributed by atoms with Crippen LogP contribution in [0, 0.1) is 10.1 Å². The van der Waals surface area contributed by atoms with E-state index < -0.39 is 4.92 Å². The number of nitrogens with one attached hydrogen (secondary N) is 1. The maximum absolute atomic E-state index is 10.6. The van der Waals surface area contributed by atoms with E-state index in [1.807, 2.05) is 7.05 Å². The van der Waals surface area contributed by atoms with Crippen LogP contribution in [0.2, 0.25) is 0 Å². The first-order valence-electron chi connectivity index (χ1n) is 5.35. The summed E-state index contributed by atoms with van der Waals surface area (Å²) in [5.41, 5.74) is 0.839. The molecule has 6 heteroatoms. The van der Waals surface area contributed by atoms with Gasteiger partial charge in [-0.25, -0.2) is 0 Å². The highest BCUT2D eigenvalue weighted by Crippen LogP contribution is 2.31. The van der Waals surface area contributed by atoms with Gasteiger partial charge in [-0.2, -0.15) is 0 Å². The zero-order valence-corrected chi connectivity index (χ0v) is 10.4. The third kappa shape index (κ3) is 3.74. The standard InChI is InChI=1S/C12H16N2O4/c1-9(7-13-2)8-18-11-5-4-10(14(15)16)6-12(11)17-3/h4-6,13H,1,7-8H2,2-3H3. The Morgan fingerprint density at radius 1 is 1.50 bits per heavy atom. The number of hydrogen-bond donors (Lipinski definition) is 1. The largest absolute Gasteiger partial charge is 0.493 e. The van der Waals surface area contributed by atoms with E-state index in [1.165, 1.54) is 25.3 Å². The van der Waals surface area contributed by atoms with Crippen molar-refractivity contribution >= 4 is 5.69 Å². The molecule has 98 valence electrons. The smallest absolute Gasteiger partial charge is 0.273 e. The summed E-state index contributed by atoms with van der Waals surface area (Å²) >= 11 is 0. The molecule has 0 radical (unpaired) electrons. The number of rotatable bonds is 7. The van der Waals surface area contributed by atoms with Crippen LogP contribution in [0.4, 0.5) is 5.69 Å². The lowest BCUT2D eigenvalue weighted by Gasteiger charge is -2.11. The van der Waals surface area contributed by atoms with E-state index in [9.17, 15) is 10.1 Å². The Balaban J connectivity index is 2.76. The minimum Gasteiger partial charge on any atom is -0.493 e. The number of likely N-dealkylation sites (N-methyl/N-ethyl adjacent to an activating group) is 1. The molecule has 0 spiro atoms. The number of methoxy groups -OCH3 is 1. The highest BCUT2D eigenvalue weighted by molar-refractivity contribution is 5.48. The van der Waals surface area contributed by atoms with E-state index in [1.54, 1.807) is 0 Å². The Kier molecular flexibility index (Phi) is 5.13. The van der Waals surface area contributed by atoms with Crippen LogP contribution >= 0.6 is 0 Å². The van der Waals surface area contributed by atoms with E-state index in [4.69, 9.17) is 9.47 Å². The van der Waals surface area contributed by atoms with Crippen molar-refractivity contribution in [3.63, 3.8) is 0 Å². The number of nitrogens with zero attached hydrogens (tertiary/aromatic N) is 1. The number of nitro groups is 1. The average molecular weight is 252 g/mol. The van der Waals surface area contributed by atoms with Crippen molar-refractivity contribution in [2.45, 2.75) is 0 Å². The Bertz CT molecular complexity index is 446. The lowest BCUT2D eigenvalue weighted by Crippen LogP contribution is -2.14. The maximum atomic E-state index is 10.6. The SMILES string of the molecule is C=C(CNC)COc1ccc([N+](=O)[O-])cc1OC. The summed E-state index contributed by atoms with van der Waals surface area (Å²) in [7, 11) is 3.26.